The number of carbonyl (C=O) groups is 1. The SMILES string of the molecule is C[NH+](Cc1c(C(=O)N/N=C/c2ccc(O)cc2)nnn1-c1nonc1N)C1CCCCC1. The van der Waals surface area contributed by atoms with Crippen molar-refractivity contribution in [1.29, 1.82) is 0 Å². The van der Waals surface area contributed by atoms with Crippen LogP contribution in [-0.2, 0) is 6.54 Å². The van der Waals surface area contributed by atoms with Crippen LogP contribution in [0.5, 0.6) is 5.75 Å². The zero-order chi connectivity index (χ0) is 22.5. The molecule has 4 rings (SSSR count). The van der Waals surface area contributed by atoms with E-state index in [2.05, 4.69) is 38.2 Å². The number of nitrogen functional groups attached to an aromatic ring is 1. The Balaban J connectivity index is 1.56. The van der Waals surface area contributed by atoms with Crippen LogP contribution in [-0.4, -0.2) is 55.6 Å². The van der Waals surface area contributed by atoms with E-state index in [0.29, 0.717) is 18.3 Å². The molecule has 2 heterocycles. The van der Waals surface area contributed by atoms with Gasteiger partial charge in [0, 0.05) is 0 Å². The van der Waals surface area contributed by atoms with Crippen LogP contribution in [0.4, 0.5) is 5.82 Å². The largest absolute Gasteiger partial charge is 0.508 e. The molecular weight excluding hydrogens is 414 g/mol. The van der Waals surface area contributed by atoms with Gasteiger partial charge in [0.15, 0.2) is 5.69 Å². The van der Waals surface area contributed by atoms with Crippen molar-refractivity contribution in [3.05, 3.63) is 41.2 Å². The fourth-order valence-electron chi connectivity index (χ4n) is 3.93. The van der Waals surface area contributed by atoms with Gasteiger partial charge in [0.05, 0.1) is 19.3 Å². The Morgan fingerprint density at radius 2 is 2.06 bits per heavy atom. The number of phenols is 1. The maximum atomic E-state index is 12.9. The normalized spacial score (nSPS) is 15.8. The standard InChI is InChI=1S/C20H25N9O3/c1-28(14-5-3-2-4-6-14)12-16-17(23-27-29(16)19-18(21)25-32-26-19)20(31)24-22-11-13-7-9-15(30)10-8-13/h7-11,14,30H,2-6,12H2,1H3,(H2,21,25)(H,24,31)/p+1/b22-11+. The molecule has 1 fully saturated rings. The average molecular weight is 440 g/mol. The van der Waals surface area contributed by atoms with Crippen molar-refractivity contribution in [2.45, 2.75) is 44.7 Å². The van der Waals surface area contributed by atoms with Gasteiger partial charge in [-0.25, -0.2) is 10.1 Å². The Hall–Kier alpha value is -3.80. The third-order valence-corrected chi connectivity index (χ3v) is 5.70. The molecule has 1 atom stereocenters. The van der Waals surface area contributed by atoms with E-state index < -0.39 is 5.91 Å². The number of hydrogen-bond donors (Lipinski definition) is 4. The van der Waals surface area contributed by atoms with Gasteiger partial charge in [-0.1, -0.05) is 11.6 Å². The van der Waals surface area contributed by atoms with Crippen molar-refractivity contribution in [2.75, 3.05) is 12.8 Å². The first kappa shape index (κ1) is 21.4. The second-order valence-corrected chi connectivity index (χ2v) is 7.92. The van der Waals surface area contributed by atoms with E-state index in [0.717, 1.165) is 18.4 Å². The van der Waals surface area contributed by atoms with Crippen LogP contribution >= 0.6 is 0 Å². The molecule has 0 spiro atoms. The molecule has 1 aromatic carbocycles. The molecule has 1 aliphatic carbocycles. The molecule has 12 nitrogen and oxygen atoms in total. The number of amides is 1. The minimum Gasteiger partial charge on any atom is -0.508 e. The smallest absolute Gasteiger partial charge is 0.294 e. The van der Waals surface area contributed by atoms with E-state index in [1.807, 2.05) is 0 Å². The second-order valence-electron chi connectivity index (χ2n) is 7.92. The van der Waals surface area contributed by atoms with E-state index in [4.69, 9.17) is 10.4 Å². The molecule has 0 saturated heterocycles. The fourth-order valence-corrected chi connectivity index (χ4v) is 3.93. The quantitative estimate of drug-likeness (QED) is 0.296. The lowest BCUT2D eigenvalue weighted by atomic mass is 9.94. The van der Waals surface area contributed by atoms with Gasteiger partial charge in [-0.2, -0.15) is 9.78 Å². The molecule has 0 aliphatic heterocycles. The first-order chi connectivity index (χ1) is 15.5. The molecular formula is C20H26N9O3+. The number of quaternary nitrogens is 1. The summed E-state index contributed by atoms with van der Waals surface area (Å²) in [5, 5.41) is 28.9. The van der Waals surface area contributed by atoms with Gasteiger partial charge < -0.3 is 15.7 Å². The van der Waals surface area contributed by atoms with Crippen LogP contribution in [0.2, 0.25) is 0 Å². The van der Waals surface area contributed by atoms with Crippen LogP contribution < -0.4 is 16.1 Å². The number of benzene rings is 1. The lowest BCUT2D eigenvalue weighted by Gasteiger charge is -2.28. The van der Waals surface area contributed by atoms with Crippen molar-refractivity contribution < 1.29 is 19.4 Å². The number of aromatic nitrogens is 5. The van der Waals surface area contributed by atoms with Crippen molar-refractivity contribution in [3.63, 3.8) is 0 Å². The highest BCUT2D eigenvalue weighted by molar-refractivity contribution is 5.94. The van der Waals surface area contributed by atoms with Gasteiger partial charge in [0.25, 0.3) is 5.91 Å². The van der Waals surface area contributed by atoms with E-state index >= 15 is 0 Å². The monoisotopic (exact) mass is 440 g/mol. The Morgan fingerprint density at radius 3 is 2.75 bits per heavy atom. The first-order valence-corrected chi connectivity index (χ1v) is 10.5. The summed E-state index contributed by atoms with van der Waals surface area (Å²) in [6.07, 6.45) is 7.43. The molecule has 2 aromatic heterocycles. The molecule has 12 heteroatoms. The van der Waals surface area contributed by atoms with Crippen molar-refractivity contribution in [3.8, 4) is 11.6 Å². The summed E-state index contributed by atoms with van der Waals surface area (Å²) >= 11 is 0. The molecule has 168 valence electrons. The van der Waals surface area contributed by atoms with Gasteiger partial charge in [-0.05, 0) is 65.8 Å². The van der Waals surface area contributed by atoms with Crippen LogP contribution in [0.15, 0.2) is 34.0 Å². The molecule has 3 aromatic rings. The molecule has 1 aliphatic rings. The zero-order valence-corrected chi connectivity index (χ0v) is 17.7. The van der Waals surface area contributed by atoms with Gasteiger partial charge in [0.2, 0.25) is 11.6 Å². The number of nitrogens with two attached hydrogens (primary N) is 1. The predicted octanol–water partition coefficient (Wildman–Crippen LogP) is 0.0494. The highest BCUT2D eigenvalue weighted by Crippen LogP contribution is 2.18. The van der Waals surface area contributed by atoms with Crippen LogP contribution in [0.3, 0.4) is 0 Å². The van der Waals surface area contributed by atoms with Crippen molar-refractivity contribution in [2.24, 2.45) is 5.10 Å². The number of phenolic OH excluding ortho intramolecular Hbond substituents is 1. The lowest BCUT2D eigenvalue weighted by molar-refractivity contribution is -0.921. The van der Waals surface area contributed by atoms with Crippen LogP contribution in [0.25, 0.3) is 5.82 Å². The summed E-state index contributed by atoms with van der Waals surface area (Å²) in [6.45, 7) is 0.494. The average Bonchev–Trinajstić information content (AvgIpc) is 3.41. The highest BCUT2D eigenvalue weighted by atomic mass is 16.6. The van der Waals surface area contributed by atoms with E-state index in [9.17, 15) is 9.90 Å². The van der Waals surface area contributed by atoms with Crippen molar-refractivity contribution in [1.82, 2.24) is 30.7 Å². The van der Waals surface area contributed by atoms with Gasteiger partial charge in [0.1, 0.15) is 18.0 Å². The third kappa shape index (κ3) is 4.75. The summed E-state index contributed by atoms with van der Waals surface area (Å²) < 4.78 is 6.11. The summed E-state index contributed by atoms with van der Waals surface area (Å²) in [5.41, 5.74) is 9.73. The Bertz CT molecular complexity index is 1080. The first-order valence-electron chi connectivity index (χ1n) is 10.5. The number of aromatic hydroxyl groups is 1. The Morgan fingerprint density at radius 1 is 1.31 bits per heavy atom. The predicted molar refractivity (Wildman–Crippen MR) is 114 cm³/mol. The Kier molecular flexibility index (Phi) is 6.40. The highest BCUT2D eigenvalue weighted by Gasteiger charge is 2.29. The fraction of sp³-hybridized carbons (Fsp3) is 0.400. The van der Waals surface area contributed by atoms with E-state index in [1.54, 1.807) is 12.1 Å². The lowest BCUT2D eigenvalue weighted by Crippen LogP contribution is -3.11. The summed E-state index contributed by atoms with van der Waals surface area (Å²) in [5.74, 6) is -0.106. The maximum Gasteiger partial charge on any atom is 0.294 e. The van der Waals surface area contributed by atoms with Gasteiger partial charge >= 0.3 is 0 Å². The van der Waals surface area contributed by atoms with E-state index in [1.165, 1.54) is 47.2 Å². The van der Waals surface area contributed by atoms with Crippen LogP contribution in [0, 0.1) is 0 Å². The summed E-state index contributed by atoms with van der Waals surface area (Å²) in [4.78, 5) is 14.1. The molecule has 0 radical (unpaired) electrons. The third-order valence-electron chi connectivity index (χ3n) is 5.70. The van der Waals surface area contributed by atoms with Gasteiger partial charge in [-0.3, -0.25) is 4.79 Å². The molecule has 0 bridgehead atoms. The van der Waals surface area contributed by atoms with Crippen LogP contribution in [0.1, 0.15) is 53.8 Å². The number of anilines is 1. The topological polar surface area (TPSA) is 162 Å². The van der Waals surface area contributed by atoms with Crippen molar-refractivity contribution >= 4 is 17.9 Å². The minimum absolute atomic E-state index is 0.0591. The van der Waals surface area contributed by atoms with Gasteiger partial charge in [-0.15, -0.1) is 5.10 Å². The molecule has 32 heavy (non-hydrogen) atoms. The van der Waals surface area contributed by atoms with E-state index in [-0.39, 0.29) is 23.1 Å². The summed E-state index contributed by atoms with van der Waals surface area (Å²) in [7, 11) is 2.10. The molecule has 1 unspecified atom stereocenters. The molecule has 5 N–H and O–H groups in total. The number of nitrogens with one attached hydrogen (secondary N) is 2. The summed E-state index contributed by atoms with van der Waals surface area (Å²) in [6, 6.07) is 6.91. The number of rotatable bonds is 7. The number of hydrogen-bond acceptors (Lipinski definition) is 9. The minimum atomic E-state index is -0.507. The molecule has 1 amide bonds. The number of carbonyl (C=O) groups excluding carboxylic acids is 1. The number of nitrogens with zero attached hydrogens (tertiary/aromatic N) is 6. The molecule has 1 saturated carbocycles. The number of hydrazone groups is 1. The second kappa shape index (κ2) is 9.56. The zero-order valence-electron chi connectivity index (χ0n) is 17.7. The maximum absolute atomic E-state index is 12.9. The Labute approximate surface area is 184 Å².